The average molecular weight is 302 g/mol. The van der Waals surface area contributed by atoms with Crippen molar-refractivity contribution < 1.29 is 4.39 Å². The van der Waals surface area contributed by atoms with Gasteiger partial charge in [0, 0.05) is 11.3 Å². The third-order valence-electron chi connectivity index (χ3n) is 3.51. The van der Waals surface area contributed by atoms with E-state index in [9.17, 15) is 4.39 Å². The maximum Gasteiger partial charge on any atom is 0.142 e. The molecule has 2 rings (SSSR count). The summed E-state index contributed by atoms with van der Waals surface area (Å²) in [5.74, 6) is 0.941. The van der Waals surface area contributed by atoms with Crippen LogP contribution in [-0.2, 0) is 6.42 Å². The highest BCUT2D eigenvalue weighted by molar-refractivity contribution is 8.00. The number of nitrogens with one attached hydrogen (secondary N) is 1. The van der Waals surface area contributed by atoms with Gasteiger partial charge in [-0.3, -0.25) is 0 Å². The van der Waals surface area contributed by atoms with Gasteiger partial charge in [-0.1, -0.05) is 24.6 Å². The second-order valence-electron chi connectivity index (χ2n) is 5.06. The third kappa shape index (κ3) is 4.37. The van der Waals surface area contributed by atoms with Crippen molar-refractivity contribution in [3.05, 3.63) is 34.6 Å². The topological polar surface area (TPSA) is 12.0 Å². The number of halogens is 2. The predicted molar refractivity (Wildman–Crippen MR) is 82.7 cm³/mol. The van der Waals surface area contributed by atoms with E-state index in [2.05, 4.69) is 12.2 Å². The summed E-state index contributed by atoms with van der Waals surface area (Å²) in [6.07, 6.45) is 4.57. The van der Waals surface area contributed by atoms with E-state index in [1.807, 2.05) is 17.8 Å². The van der Waals surface area contributed by atoms with Gasteiger partial charge in [0.15, 0.2) is 0 Å². The molecular formula is C15H21ClFNS. The SMILES string of the molecule is CCCNC(Cc1ccc(Cl)c(F)c1)C1CCCS1. The van der Waals surface area contributed by atoms with Gasteiger partial charge in [0.1, 0.15) is 5.82 Å². The minimum Gasteiger partial charge on any atom is -0.313 e. The van der Waals surface area contributed by atoms with Crippen molar-refractivity contribution in [2.75, 3.05) is 12.3 Å². The van der Waals surface area contributed by atoms with Crippen LogP contribution in [0.25, 0.3) is 0 Å². The summed E-state index contributed by atoms with van der Waals surface area (Å²) in [4.78, 5) is 0. The van der Waals surface area contributed by atoms with Crippen LogP contribution in [0.2, 0.25) is 5.02 Å². The molecule has 1 nitrogen and oxygen atoms in total. The van der Waals surface area contributed by atoms with E-state index in [1.54, 1.807) is 12.1 Å². The molecule has 1 aliphatic heterocycles. The highest BCUT2D eigenvalue weighted by Gasteiger charge is 2.25. The maximum atomic E-state index is 13.5. The van der Waals surface area contributed by atoms with E-state index in [0.717, 1.165) is 24.9 Å². The van der Waals surface area contributed by atoms with Gasteiger partial charge in [-0.05, 0) is 55.7 Å². The molecule has 1 aromatic carbocycles. The number of hydrogen-bond donors (Lipinski definition) is 1. The molecule has 0 amide bonds. The Labute approximate surface area is 124 Å². The molecule has 19 heavy (non-hydrogen) atoms. The maximum absolute atomic E-state index is 13.5. The standard InChI is InChI=1S/C15H21ClFNS/c1-2-7-18-14(15-4-3-8-19-15)10-11-5-6-12(16)13(17)9-11/h5-6,9,14-15,18H,2-4,7-8,10H2,1H3. The Morgan fingerprint density at radius 2 is 2.37 bits per heavy atom. The Bertz CT molecular complexity index is 407. The number of rotatable bonds is 6. The van der Waals surface area contributed by atoms with Crippen LogP contribution in [0.3, 0.4) is 0 Å². The van der Waals surface area contributed by atoms with E-state index in [-0.39, 0.29) is 10.8 Å². The van der Waals surface area contributed by atoms with Crippen LogP contribution in [0.4, 0.5) is 4.39 Å². The summed E-state index contributed by atoms with van der Waals surface area (Å²) in [5, 5.41) is 4.48. The van der Waals surface area contributed by atoms with Gasteiger partial charge < -0.3 is 5.32 Å². The summed E-state index contributed by atoms with van der Waals surface area (Å²) >= 11 is 7.78. The van der Waals surface area contributed by atoms with Crippen LogP contribution >= 0.6 is 23.4 Å². The van der Waals surface area contributed by atoms with Gasteiger partial charge >= 0.3 is 0 Å². The lowest BCUT2D eigenvalue weighted by atomic mass is 10.0. The first-order chi connectivity index (χ1) is 9.20. The Kier molecular flexibility index (Phi) is 5.99. The predicted octanol–water partition coefficient (Wildman–Crippen LogP) is 4.29. The van der Waals surface area contributed by atoms with Crippen LogP contribution in [0.1, 0.15) is 31.7 Å². The van der Waals surface area contributed by atoms with Crippen molar-refractivity contribution in [1.29, 1.82) is 0 Å². The molecule has 0 bridgehead atoms. The zero-order chi connectivity index (χ0) is 13.7. The van der Waals surface area contributed by atoms with E-state index >= 15 is 0 Å². The lowest BCUT2D eigenvalue weighted by Gasteiger charge is -2.24. The normalized spacial score (nSPS) is 20.7. The lowest BCUT2D eigenvalue weighted by molar-refractivity contribution is 0.481. The van der Waals surface area contributed by atoms with E-state index in [1.165, 1.54) is 18.6 Å². The van der Waals surface area contributed by atoms with Crippen molar-refractivity contribution in [2.24, 2.45) is 0 Å². The molecular weight excluding hydrogens is 281 g/mol. The molecule has 0 aromatic heterocycles. The average Bonchev–Trinajstić information content (AvgIpc) is 2.92. The van der Waals surface area contributed by atoms with Crippen LogP contribution in [-0.4, -0.2) is 23.6 Å². The number of benzene rings is 1. The highest BCUT2D eigenvalue weighted by Crippen LogP contribution is 2.30. The van der Waals surface area contributed by atoms with E-state index in [0.29, 0.717) is 11.3 Å². The third-order valence-corrected chi connectivity index (χ3v) is 5.33. The van der Waals surface area contributed by atoms with Crippen molar-refractivity contribution in [3.63, 3.8) is 0 Å². The molecule has 2 unspecified atom stereocenters. The molecule has 0 radical (unpaired) electrons. The monoisotopic (exact) mass is 301 g/mol. The molecule has 1 aliphatic rings. The summed E-state index contributed by atoms with van der Waals surface area (Å²) in [5.41, 5.74) is 1.03. The first kappa shape index (κ1) is 15.1. The van der Waals surface area contributed by atoms with Crippen molar-refractivity contribution in [1.82, 2.24) is 5.32 Å². The molecule has 106 valence electrons. The zero-order valence-electron chi connectivity index (χ0n) is 11.3. The van der Waals surface area contributed by atoms with Crippen molar-refractivity contribution in [3.8, 4) is 0 Å². The fourth-order valence-electron chi connectivity index (χ4n) is 2.51. The van der Waals surface area contributed by atoms with Crippen molar-refractivity contribution >= 4 is 23.4 Å². The number of hydrogen-bond acceptors (Lipinski definition) is 2. The minimum atomic E-state index is -0.313. The molecule has 0 saturated carbocycles. The Balaban J connectivity index is 2.03. The first-order valence-corrected chi connectivity index (χ1v) is 8.42. The summed E-state index contributed by atoms with van der Waals surface area (Å²) in [6, 6.07) is 5.60. The summed E-state index contributed by atoms with van der Waals surface area (Å²) < 4.78 is 13.5. The van der Waals surface area contributed by atoms with E-state index in [4.69, 9.17) is 11.6 Å². The summed E-state index contributed by atoms with van der Waals surface area (Å²) in [6.45, 7) is 3.20. The quantitative estimate of drug-likeness (QED) is 0.841. The smallest absolute Gasteiger partial charge is 0.142 e. The fourth-order valence-corrected chi connectivity index (χ4v) is 4.02. The number of thioether (sulfide) groups is 1. The fraction of sp³-hybridized carbons (Fsp3) is 0.600. The highest BCUT2D eigenvalue weighted by atomic mass is 35.5. The molecule has 2 atom stereocenters. The van der Waals surface area contributed by atoms with Crippen LogP contribution in [0.5, 0.6) is 0 Å². The van der Waals surface area contributed by atoms with Gasteiger partial charge in [0.05, 0.1) is 5.02 Å². The molecule has 1 N–H and O–H groups in total. The molecule has 1 heterocycles. The molecule has 0 aliphatic carbocycles. The summed E-state index contributed by atoms with van der Waals surface area (Å²) in [7, 11) is 0. The second kappa shape index (κ2) is 7.51. The van der Waals surface area contributed by atoms with Crippen LogP contribution in [0.15, 0.2) is 18.2 Å². The van der Waals surface area contributed by atoms with Gasteiger partial charge in [0.2, 0.25) is 0 Å². The largest absolute Gasteiger partial charge is 0.313 e. The van der Waals surface area contributed by atoms with Crippen LogP contribution in [0, 0.1) is 5.82 Å². The van der Waals surface area contributed by atoms with Crippen LogP contribution < -0.4 is 5.32 Å². The molecule has 1 saturated heterocycles. The van der Waals surface area contributed by atoms with Gasteiger partial charge in [0.25, 0.3) is 0 Å². The second-order valence-corrected chi connectivity index (χ2v) is 6.82. The van der Waals surface area contributed by atoms with Gasteiger partial charge in [-0.25, -0.2) is 4.39 Å². The Morgan fingerprint density at radius 3 is 3.00 bits per heavy atom. The lowest BCUT2D eigenvalue weighted by Crippen LogP contribution is -2.39. The Morgan fingerprint density at radius 1 is 1.53 bits per heavy atom. The van der Waals surface area contributed by atoms with Gasteiger partial charge in [-0.2, -0.15) is 11.8 Å². The van der Waals surface area contributed by atoms with Gasteiger partial charge in [-0.15, -0.1) is 0 Å². The molecule has 0 spiro atoms. The zero-order valence-corrected chi connectivity index (χ0v) is 12.9. The van der Waals surface area contributed by atoms with Crippen molar-refractivity contribution in [2.45, 2.75) is 43.9 Å². The molecule has 1 fully saturated rings. The Hall–Kier alpha value is -0.250. The molecule has 4 heteroatoms. The minimum absolute atomic E-state index is 0.206. The van der Waals surface area contributed by atoms with E-state index < -0.39 is 0 Å². The first-order valence-electron chi connectivity index (χ1n) is 6.99. The molecule has 1 aromatic rings.